The summed E-state index contributed by atoms with van der Waals surface area (Å²) in [5.41, 5.74) is 1.31. The molecule has 0 aromatic heterocycles. The number of carbonyl (C=O) groups excluding carboxylic acids is 1. The van der Waals surface area contributed by atoms with Crippen molar-refractivity contribution in [1.29, 1.82) is 0 Å². The van der Waals surface area contributed by atoms with Crippen molar-refractivity contribution in [2.75, 3.05) is 6.61 Å². The van der Waals surface area contributed by atoms with Gasteiger partial charge in [-0.25, -0.2) is 4.79 Å². The molecule has 2 aliphatic rings. The zero-order valence-electron chi connectivity index (χ0n) is 12.9. The van der Waals surface area contributed by atoms with E-state index in [0.29, 0.717) is 12.5 Å². The second kappa shape index (κ2) is 8.43. The fourth-order valence-electron chi connectivity index (χ4n) is 3.48. The molecule has 3 nitrogen and oxygen atoms in total. The van der Waals surface area contributed by atoms with Crippen LogP contribution < -0.4 is 0 Å². The number of hydrogen-bond donors (Lipinski definition) is 0. The second-order valence-electron chi connectivity index (χ2n) is 6.18. The van der Waals surface area contributed by atoms with Gasteiger partial charge in [0, 0.05) is 5.71 Å². The lowest BCUT2D eigenvalue weighted by Gasteiger charge is -2.18. The van der Waals surface area contributed by atoms with E-state index in [1.165, 1.54) is 63.5 Å². The van der Waals surface area contributed by atoms with Crippen molar-refractivity contribution in [2.24, 2.45) is 10.9 Å². The highest BCUT2D eigenvalue weighted by molar-refractivity contribution is 5.92. The Hall–Kier alpha value is -0.860. The third-order valence-electron chi connectivity index (χ3n) is 4.63. The normalized spacial score (nSPS) is 26.1. The predicted molar refractivity (Wildman–Crippen MR) is 82.1 cm³/mol. The fraction of sp³-hybridized carbons (Fsp3) is 0.882. The van der Waals surface area contributed by atoms with Crippen LogP contribution in [0.2, 0.25) is 0 Å². The topological polar surface area (TPSA) is 38.7 Å². The Kier molecular flexibility index (Phi) is 6.55. The van der Waals surface area contributed by atoms with E-state index in [9.17, 15) is 4.79 Å². The number of nitrogens with zero attached hydrogens (tertiary/aromatic N) is 1. The van der Waals surface area contributed by atoms with Gasteiger partial charge in [-0.1, -0.05) is 44.9 Å². The molecule has 114 valence electrons. The summed E-state index contributed by atoms with van der Waals surface area (Å²) in [6.45, 7) is 2.32. The highest BCUT2D eigenvalue weighted by atomic mass is 16.5. The van der Waals surface area contributed by atoms with Crippen molar-refractivity contribution in [1.82, 2.24) is 0 Å². The average Bonchev–Trinajstić information content (AvgIpc) is 2.94. The molecular formula is C17H29NO2. The maximum absolute atomic E-state index is 11.8. The van der Waals surface area contributed by atoms with Gasteiger partial charge in [-0.2, -0.15) is 0 Å². The van der Waals surface area contributed by atoms with Crippen LogP contribution in [0.1, 0.15) is 77.6 Å². The zero-order chi connectivity index (χ0) is 14.2. The molecule has 20 heavy (non-hydrogen) atoms. The van der Waals surface area contributed by atoms with E-state index >= 15 is 0 Å². The maximum Gasteiger partial charge on any atom is 0.330 e. The van der Waals surface area contributed by atoms with E-state index in [-0.39, 0.29) is 12.0 Å². The van der Waals surface area contributed by atoms with Crippen molar-refractivity contribution >= 4 is 11.7 Å². The molecule has 0 bridgehead atoms. The number of rotatable bonds is 3. The van der Waals surface area contributed by atoms with Gasteiger partial charge in [0.1, 0.15) is 6.04 Å². The van der Waals surface area contributed by atoms with E-state index in [1.54, 1.807) is 0 Å². The Morgan fingerprint density at radius 1 is 1.05 bits per heavy atom. The van der Waals surface area contributed by atoms with Gasteiger partial charge < -0.3 is 4.74 Å². The lowest BCUT2D eigenvalue weighted by molar-refractivity contribution is -0.144. The second-order valence-corrected chi connectivity index (χ2v) is 6.18. The first-order chi connectivity index (χ1) is 9.81. The van der Waals surface area contributed by atoms with E-state index in [0.717, 1.165) is 12.8 Å². The Balaban J connectivity index is 1.90. The summed E-state index contributed by atoms with van der Waals surface area (Å²) >= 11 is 0. The summed E-state index contributed by atoms with van der Waals surface area (Å²) in [5, 5.41) is 0. The van der Waals surface area contributed by atoms with E-state index in [2.05, 4.69) is 0 Å². The molecule has 0 spiro atoms. The van der Waals surface area contributed by atoms with E-state index in [4.69, 9.17) is 9.73 Å². The summed E-state index contributed by atoms with van der Waals surface area (Å²) in [4.78, 5) is 16.5. The summed E-state index contributed by atoms with van der Waals surface area (Å²) in [7, 11) is 0. The van der Waals surface area contributed by atoms with E-state index in [1.807, 2.05) is 6.92 Å². The smallest absolute Gasteiger partial charge is 0.330 e. The molecule has 1 aliphatic heterocycles. The SMILES string of the molecule is CCOC(=O)[C@H]1CCC(C2CCCCCCCCC2)=N1. The zero-order valence-corrected chi connectivity index (χ0v) is 12.9. The lowest BCUT2D eigenvalue weighted by Crippen LogP contribution is -2.19. The molecule has 0 N–H and O–H groups in total. The average molecular weight is 279 g/mol. The van der Waals surface area contributed by atoms with Crippen molar-refractivity contribution < 1.29 is 9.53 Å². The maximum atomic E-state index is 11.8. The summed E-state index contributed by atoms with van der Waals surface area (Å²) < 4.78 is 5.10. The van der Waals surface area contributed by atoms with Crippen molar-refractivity contribution in [3.63, 3.8) is 0 Å². The third kappa shape index (κ3) is 4.60. The van der Waals surface area contributed by atoms with Crippen LogP contribution in [-0.4, -0.2) is 24.3 Å². The van der Waals surface area contributed by atoms with Gasteiger partial charge in [0.25, 0.3) is 0 Å². The minimum absolute atomic E-state index is 0.123. The molecule has 1 saturated carbocycles. The number of aliphatic imine (C=N–C) groups is 1. The Morgan fingerprint density at radius 3 is 2.25 bits per heavy atom. The van der Waals surface area contributed by atoms with Crippen molar-refractivity contribution in [2.45, 2.75) is 83.6 Å². The van der Waals surface area contributed by atoms with Crippen LogP contribution in [0.3, 0.4) is 0 Å². The minimum atomic E-state index is -0.208. The largest absolute Gasteiger partial charge is 0.464 e. The molecule has 0 aromatic rings. The summed E-state index contributed by atoms with van der Waals surface area (Å²) in [5.74, 6) is 0.509. The molecule has 1 fully saturated rings. The van der Waals surface area contributed by atoms with Crippen LogP contribution in [0, 0.1) is 5.92 Å². The number of carbonyl (C=O) groups is 1. The number of hydrogen-bond acceptors (Lipinski definition) is 3. The lowest BCUT2D eigenvalue weighted by atomic mass is 9.88. The molecule has 1 atom stereocenters. The quantitative estimate of drug-likeness (QED) is 0.723. The highest BCUT2D eigenvalue weighted by Crippen LogP contribution is 2.28. The first-order valence-corrected chi connectivity index (χ1v) is 8.54. The van der Waals surface area contributed by atoms with Crippen LogP contribution in [0.15, 0.2) is 4.99 Å². The molecule has 3 heteroatoms. The standard InChI is InChI=1S/C17H29NO2/c1-2-20-17(19)16-13-12-15(18-16)14-10-8-6-4-3-5-7-9-11-14/h14,16H,2-13H2,1H3/t16-/m1/s1. The van der Waals surface area contributed by atoms with Crippen LogP contribution in [0.5, 0.6) is 0 Å². The Labute approximate surface area is 123 Å². The third-order valence-corrected chi connectivity index (χ3v) is 4.63. The monoisotopic (exact) mass is 279 g/mol. The van der Waals surface area contributed by atoms with Gasteiger partial charge in [-0.05, 0) is 38.5 Å². The Bertz CT molecular complexity index is 328. The number of ether oxygens (including phenoxy) is 1. The molecule has 1 heterocycles. The predicted octanol–water partition coefficient (Wildman–Crippen LogP) is 4.29. The summed E-state index contributed by atoms with van der Waals surface area (Å²) in [6.07, 6.45) is 14.0. The van der Waals surface area contributed by atoms with Crippen molar-refractivity contribution in [3.05, 3.63) is 0 Å². The fourth-order valence-corrected chi connectivity index (χ4v) is 3.48. The van der Waals surface area contributed by atoms with Crippen LogP contribution in [0.25, 0.3) is 0 Å². The molecule has 0 amide bonds. The van der Waals surface area contributed by atoms with Gasteiger partial charge >= 0.3 is 5.97 Å². The van der Waals surface area contributed by atoms with Gasteiger partial charge in [0.15, 0.2) is 0 Å². The van der Waals surface area contributed by atoms with E-state index < -0.39 is 0 Å². The van der Waals surface area contributed by atoms with Crippen molar-refractivity contribution in [3.8, 4) is 0 Å². The number of esters is 1. The van der Waals surface area contributed by atoms with Crippen LogP contribution >= 0.6 is 0 Å². The highest BCUT2D eigenvalue weighted by Gasteiger charge is 2.28. The minimum Gasteiger partial charge on any atom is -0.464 e. The Morgan fingerprint density at radius 2 is 1.65 bits per heavy atom. The molecule has 0 unspecified atom stereocenters. The first-order valence-electron chi connectivity index (χ1n) is 8.54. The molecule has 2 rings (SSSR count). The molecule has 0 radical (unpaired) electrons. The van der Waals surface area contributed by atoms with Gasteiger partial charge in [0.05, 0.1) is 6.61 Å². The summed E-state index contributed by atoms with van der Waals surface area (Å²) in [6, 6.07) is -0.208. The first kappa shape index (κ1) is 15.5. The van der Waals surface area contributed by atoms with Gasteiger partial charge in [-0.15, -0.1) is 0 Å². The van der Waals surface area contributed by atoms with Crippen LogP contribution in [0.4, 0.5) is 0 Å². The van der Waals surface area contributed by atoms with Gasteiger partial charge in [0.2, 0.25) is 0 Å². The molecule has 0 saturated heterocycles. The van der Waals surface area contributed by atoms with Gasteiger partial charge in [-0.3, -0.25) is 4.99 Å². The molecule has 0 aromatic carbocycles. The molecular weight excluding hydrogens is 250 g/mol. The van der Waals surface area contributed by atoms with Crippen LogP contribution in [-0.2, 0) is 9.53 Å². The molecule has 1 aliphatic carbocycles.